The smallest absolute Gasteiger partial charge is 0.0573 e. The number of hydrogen-bond donors (Lipinski definition) is 4. The lowest BCUT2D eigenvalue weighted by atomic mass is 10.2. The van der Waals surface area contributed by atoms with Crippen LogP contribution in [-0.4, -0.2) is 98.4 Å². The molecule has 0 aromatic heterocycles. The van der Waals surface area contributed by atoms with E-state index < -0.39 is 0 Å². The second kappa shape index (κ2) is 13.5. The first-order valence-corrected chi connectivity index (χ1v) is 13.2. The van der Waals surface area contributed by atoms with Crippen LogP contribution in [0.15, 0.2) is 48.5 Å². The molecular formula is C27H44N8. The van der Waals surface area contributed by atoms with Crippen molar-refractivity contribution in [3.8, 4) is 0 Å². The zero-order valence-electron chi connectivity index (χ0n) is 21.2. The Bertz CT molecular complexity index is 819. The van der Waals surface area contributed by atoms with Crippen LogP contribution in [0.2, 0.25) is 0 Å². The Morgan fingerprint density at radius 3 is 1.31 bits per heavy atom. The molecule has 0 radical (unpaired) electrons. The van der Waals surface area contributed by atoms with Crippen molar-refractivity contribution >= 4 is 22.7 Å². The van der Waals surface area contributed by atoms with E-state index >= 15 is 0 Å². The molecule has 0 atom stereocenters. The minimum atomic E-state index is 0.826. The van der Waals surface area contributed by atoms with Gasteiger partial charge in [0.1, 0.15) is 0 Å². The predicted molar refractivity (Wildman–Crippen MR) is 149 cm³/mol. The van der Waals surface area contributed by atoms with Gasteiger partial charge >= 0.3 is 0 Å². The molecule has 192 valence electrons. The molecule has 0 amide bonds. The zero-order valence-corrected chi connectivity index (χ0v) is 21.2. The van der Waals surface area contributed by atoms with Crippen molar-refractivity contribution in [2.24, 2.45) is 0 Å². The quantitative estimate of drug-likeness (QED) is 0.242. The Hall–Kier alpha value is -2.52. The van der Waals surface area contributed by atoms with E-state index in [1.54, 1.807) is 0 Å². The number of nitrogen functional groups attached to an aromatic ring is 2. The van der Waals surface area contributed by atoms with Gasteiger partial charge in [-0.15, -0.1) is 0 Å². The van der Waals surface area contributed by atoms with Crippen LogP contribution < -0.4 is 22.1 Å². The van der Waals surface area contributed by atoms with Crippen molar-refractivity contribution in [3.63, 3.8) is 0 Å². The molecule has 0 spiro atoms. The molecule has 2 aliphatic heterocycles. The zero-order chi connectivity index (χ0) is 24.3. The lowest BCUT2D eigenvalue weighted by Crippen LogP contribution is -2.31. The average molecular weight is 481 g/mol. The highest BCUT2D eigenvalue weighted by Crippen LogP contribution is 2.17. The standard InChI is InChI=1S/C27H44N8/c28-24-8-1-3-10-26(24)30-12-5-14-32-18-20-34(22-32)16-7-17-35-21-19-33(23-35)15-6-13-31-27-11-4-2-9-25(27)29/h1-4,8-11,30-31H,5-7,12-23,28-29H2. The van der Waals surface area contributed by atoms with Crippen LogP contribution in [-0.2, 0) is 0 Å². The van der Waals surface area contributed by atoms with E-state index in [0.717, 1.165) is 75.1 Å². The van der Waals surface area contributed by atoms with E-state index in [-0.39, 0.29) is 0 Å². The monoisotopic (exact) mass is 480 g/mol. The molecule has 4 rings (SSSR count). The molecular weight excluding hydrogens is 436 g/mol. The molecule has 2 aromatic carbocycles. The Balaban J connectivity index is 1.01. The van der Waals surface area contributed by atoms with Crippen LogP contribution in [0.5, 0.6) is 0 Å². The van der Waals surface area contributed by atoms with E-state index in [1.165, 1.54) is 45.7 Å². The molecule has 8 heteroatoms. The van der Waals surface area contributed by atoms with Gasteiger partial charge in [0, 0.05) is 65.4 Å². The predicted octanol–water partition coefficient (Wildman–Crippen LogP) is 2.70. The van der Waals surface area contributed by atoms with Gasteiger partial charge in [-0.25, -0.2) is 0 Å². The Morgan fingerprint density at radius 1 is 0.543 bits per heavy atom. The molecule has 0 saturated carbocycles. The van der Waals surface area contributed by atoms with E-state index in [0.29, 0.717) is 0 Å². The van der Waals surface area contributed by atoms with Gasteiger partial charge in [0.2, 0.25) is 0 Å². The van der Waals surface area contributed by atoms with E-state index in [1.807, 2.05) is 48.5 Å². The molecule has 2 saturated heterocycles. The number of hydrogen-bond acceptors (Lipinski definition) is 8. The lowest BCUT2D eigenvalue weighted by molar-refractivity contribution is 0.214. The normalized spacial score (nSPS) is 17.8. The van der Waals surface area contributed by atoms with Gasteiger partial charge in [-0.3, -0.25) is 19.6 Å². The van der Waals surface area contributed by atoms with Crippen molar-refractivity contribution in [2.45, 2.75) is 19.3 Å². The van der Waals surface area contributed by atoms with Gasteiger partial charge in [0.15, 0.2) is 0 Å². The molecule has 0 unspecified atom stereocenters. The first kappa shape index (κ1) is 25.6. The molecule has 2 aliphatic rings. The first-order valence-electron chi connectivity index (χ1n) is 13.2. The fraction of sp³-hybridized carbons (Fsp3) is 0.556. The highest BCUT2D eigenvalue weighted by molar-refractivity contribution is 5.66. The third-order valence-electron chi connectivity index (χ3n) is 7.07. The van der Waals surface area contributed by atoms with Crippen molar-refractivity contribution in [3.05, 3.63) is 48.5 Å². The van der Waals surface area contributed by atoms with Crippen LogP contribution in [0.4, 0.5) is 22.7 Å². The lowest BCUT2D eigenvalue weighted by Gasteiger charge is -2.21. The van der Waals surface area contributed by atoms with Crippen molar-refractivity contribution in [1.29, 1.82) is 0 Å². The van der Waals surface area contributed by atoms with Crippen LogP contribution in [0.25, 0.3) is 0 Å². The largest absolute Gasteiger partial charge is 0.397 e. The summed E-state index contributed by atoms with van der Waals surface area (Å²) in [6, 6.07) is 16.0. The Morgan fingerprint density at radius 2 is 0.914 bits per heavy atom. The highest BCUT2D eigenvalue weighted by Gasteiger charge is 2.21. The van der Waals surface area contributed by atoms with Gasteiger partial charge in [-0.05, 0) is 43.5 Å². The van der Waals surface area contributed by atoms with Crippen molar-refractivity contribution in [1.82, 2.24) is 19.6 Å². The summed E-state index contributed by atoms with van der Waals surface area (Å²) in [4.78, 5) is 10.4. The van der Waals surface area contributed by atoms with Gasteiger partial charge in [-0.2, -0.15) is 0 Å². The third-order valence-corrected chi connectivity index (χ3v) is 7.07. The fourth-order valence-corrected chi connectivity index (χ4v) is 5.03. The number of anilines is 4. The molecule has 35 heavy (non-hydrogen) atoms. The second-order valence-corrected chi connectivity index (χ2v) is 9.84. The van der Waals surface area contributed by atoms with E-state index in [4.69, 9.17) is 11.5 Å². The molecule has 6 N–H and O–H groups in total. The molecule has 0 aliphatic carbocycles. The Labute approximate surface area is 211 Å². The van der Waals surface area contributed by atoms with Gasteiger partial charge < -0.3 is 22.1 Å². The summed E-state index contributed by atoms with van der Waals surface area (Å²) in [7, 11) is 0. The summed E-state index contributed by atoms with van der Waals surface area (Å²) in [5.74, 6) is 0. The van der Waals surface area contributed by atoms with Gasteiger partial charge in [0.25, 0.3) is 0 Å². The number of benzene rings is 2. The summed E-state index contributed by atoms with van der Waals surface area (Å²) in [6.07, 6.45) is 3.53. The molecule has 2 fully saturated rings. The summed E-state index contributed by atoms with van der Waals surface area (Å²) in [5, 5.41) is 6.92. The molecule has 0 bridgehead atoms. The highest BCUT2D eigenvalue weighted by atomic mass is 15.4. The summed E-state index contributed by atoms with van der Waals surface area (Å²) in [5.41, 5.74) is 15.7. The van der Waals surface area contributed by atoms with Crippen LogP contribution in [0, 0.1) is 0 Å². The summed E-state index contributed by atoms with van der Waals surface area (Å²) < 4.78 is 0. The minimum absolute atomic E-state index is 0.826. The number of para-hydroxylation sites is 4. The maximum atomic E-state index is 6.00. The fourth-order valence-electron chi connectivity index (χ4n) is 5.03. The SMILES string of the molecule is Nc1ccccc1NCCCN1CCN(CCCN2CCN(CCCNc3ccccc3N)C2)C1. The molecule has 2 heterocycles. The molecule has 8 nitrogen and oxygen atoms in total. The topological polar surface area (TPSA) is 89.1 Å². The number of nitrogens with one attached hydrogen (secondary N) is 2. The number of nitrogens with two attached hydrogens (primary N) is 2. The minimum Gasteiger partial charge on any atom is -0.397 e. The van der Waals surface area contributed by atoms with E-state index in [9.17, 15) is 0 Å². The first-order chi connectivity index (χ1) is 17.2. The van der Waals surface area contributed by atoms with Crippen LogP contribution >= 0.6 is 0 Å². The van der Waals surface area contributed by atoms with Gasteiger partial charge in [0.05, 0.1) is 36.1 Å². The second-order valence-electron chi connectivity index (χ2n) is 9.84. The van der Waals surface area contributed by atoms with Crippen LogP contribution in [0.3, 0.4) is 0 Å². The van der Waals surface area contributed by atoms with Crippen LogP contribution in [0.1, 0.15) is 19.3 Å². The maximum Gasteiger partial charge on any atom is 0.0573 e. The van der Waals surface area contributed by atoms with E-state index in [2.05, 4.69) is 30.2 Å². The summed E-state index contributed by atoms with van der Waals surface area (Å²) in [6.45, 7) is 13.6. The van der Waals surface area contributed by atoms with Crippen molar-refractivity contribution in [2.75, 3.05) is 101 Å². The third kappa shape index (κ3) is 8.28. The number of nitrogens with zero attached hydrogens (tertiary/aromatic N) is 4. The summed E-state index contributed by atoms with van der Waals surface area (Å²) >= 11 is 0. The molecule has 2 aromatic rings. The number of rotatable bonds is 14. The Kier molecular flexibility index (Phi) is 9.89. The van der Waals surface area contributed by atoms with Gasteiger partial charge in [-0.1, -0.05) is 24.3 Å². The maximum absolute atomic E-state index is 6.00. The van der Waals surface area contributed by atoms with Crippen molar-refractivity contribution < 1.29 is 0 Å². The average Bonchev–Trinajstić information content (AvgIpc) is 3.51.